The summed E-state index contributed by atoms with van der Waals surface area (Å²) in [6.45, 7) is 1.28. The maximum atomic E-state index is 11.6. The molecule has 88 valence electrons. The first-order valence-electron chi connectivity index (χ1n) is 5.58. The molecule has 0 aromatic heterocycles. The van der Waals surface area contributed by atoms with Crippen LogP contribution in [0.15, 0.2) is 0 Å². The van der Waals surface area contributed by atoms with Gasteiger partial charge in [0.1, 0.15) is 0 Å². The molecular formula is C11H23N3O. The zero-order valence-corrected chi connectivity index (χ0v) is 10.3. The average molecular weight is 213 g/mol. The Kier molecular flexibility index (Phi) is 4.11. The van der Waals surface area contributed by atoms with Gasteiger partial charge in [-0.25, -0.2) is 0 Å². The SMILES string of the molecule is CNCC(=O)N(C)CC1(N(C)C)CCC1. The molecular weight excluding hydrogens is 190 g/mol. The molecule has 0 spiro atoms. The molecule has 1 rings (SSSR count). The van der Waals surface area contributed by atoms with Crippen molar-refractivity contribution in [3.63, 3.8) is 0 Å². The number of nitrogens with one attached hydrogen (secondary N) is 1. The van der Waals surface area contributed by atoms with Crippen molar-refractivity contribution in [2.75, 3.05) is 41.3 Å². The normalized spacial score (nSPS) is 18.7. The number of carbonyl (C=O) groups is 1. The minimum atomic E-state index is 0.172. The molecule has 0 aromatic rings. The molecule has 0 bridgehead atoms. The molecule has 1 amide bonds. The van der Waals surface area contributed by atoms with Crippen LogP contribution in [-0.2, 0) is 4.79 Å². The van der Waals surface area contributed by atoms with E-state index in [0.717, 1.165) is 6.54 Å². The van der Waals surface area contributed by atoms with Gasteiger partial charge in [-0.3, -0.25) is 4.79 Å². The first-order chi connectivity index (χ1) is 7.02. The summed E-state index contributed by atoms with van der Waals surface area (Å²) >= 11 is 0. The molecule has 0 unspecified atom stereocenters. The Morgan fingerprint density at radius 3 is 2.27 bits per heavy atom. The summed E-state index contributed by atoms with van der Waals surface area (Å²) in [6.07, 6.45) is 3.70. The fourth-order valence-corrected chi connectivity index (χ4v) is 2.15. The number of rotatable bonds is 5. The van der Waals surface area contributed by atoms with Gasteiger partial charge in [-0.15, -0.1) is 0 Å². The van der Waals surface area contributed by atoms with Gasteiger partial charge in [0.15, 0.2) is 0 Å². The largest absolute Gasteiger partial charge is 0.343 e. The molecule has 0 heterocycles. The lowest BCUT2D eigenvalue weighted by atomic mass is 9.75. The van der Waals surface area contributed by atoms with E-state index in [0.29, 0.717) is 6.54 Å². The minimum Gasteiger partial charge on any atom is -0.343 e. The first kappa shape index (κ1) is 12.5. The fraction of sp³-hybridized carbons (Fsp3) is 0.909. The highest BCUT2D eigenvalue weighted by Gasteiger charge is 2.40. The second kappa shape index (κ2) is 4.94. The summed E-state index contributed by atoms with van der Waals surface area (Å²) in [7, 11) is 7.91. The van der Waals surface area contributed by atoms with Gasteiger partial charge in [0.05, 0.1) is 6.54 Å². The van der Waals surface area contributed by atoms with E-state index < -0.39 is 0 Å². The molecule has 1 fully saturated rings. The third-order valence-electron chi connectivity index (χ3n) is 3.52. The van der Waals surface area contributed by atoms with Crippen molar-refractivity contribution < 1.29 is 4.79 Å². The number of likely N-dealkylation sites (N-methyl/N-ethyl adjacent to an activating group) is 3. The second-order valence-electron chi connectivity index (χ2n) is 4.75. The van der Waals surface area contributed by atoms with E-state index in [9.17, 15) is 4.79 Å². The predicted octanol–water partition coefficient (Wildman–Crippen LogP) is 0.149. The van der Waals surface area contributed by atoms with E-state index in [1.54, 1.807) is 7.05 Å². The fourth-order valence-electron chi connectivity index (χ4n) is 2.15. The van der Waals surface area contributed by atoms with E-state index in [1.807, 2.05) is 11.9 Å². The number of carbonyl (C=O) groups excluding carboxylic acids is 1. The van der Waals surface area contributed by atoms with Crippen molar-refractivity contribution in [1.82, 2.24) is 15.1 Å². The van der Waals surface area contributed by atoms with E-state index in [-0.39, 0.29) is 11.4 Å². The number of hydrogen-bond donors (Lipinski definition) is 1. The van der Waals surface area contributed by atoms with Crippen LogP contribution in [0.3, 0.4) is 0 Å². The Morgan fingerprint density at radius 2 is 1.93 bits per heavy atom. The molecule has 0 aliphatic heterocycles. The molecule has 1 saturated carbocycles. The Hall–Kier alpha value is -0.610. The van der Waals surface area contributed by atoms with Crippen molar-refractivity contribution in [3.8, 4) is 0 Å². The quantitative estimate of drug-likeness (QED) is 0.706. The Bertz CT molecular complexity index is 224. The predicted molar refractivity (Wildman–Crippen MR) is 61.8 cm³/mol. The highest BCUT2D eigenvalue weighted by molar-refractivity contribution is 5.78. The van der Waals surface area contributed by atoms with Crippen molar-refractivity contribution in [2.45, 2.75) is 24.8 Å². The molecule has 0 saturated heterocycles. The monoisotopic (exact) mass is 213 g/mol. The molecule has 1 aliphatic carbocycles. The highest BCUT2D eigenvalue weighted by atomic mass is 16.2. The number of nitrogens with zero attached hydrogens (tertiary/aromatic N) is 2. The molecule has 0 aromatic carbocycles. The lowest BCUT2D eigenvalue weighted by Crippen LogP contribution is -2.58. The molecule has 15 heavy (non-hydrogen) atoms. The van der Waals surface area contributed by atoms with Crippen molar-refractivity contribution in [2.24, 2.45) is 0 Å². The van der Waals surface area contributed by atoms with Crippen LogP contribution in [-0.4, -0.2) is 62.5 Å². The van der Waals surface area contributed by atoms with Crippen molar-refractivity contribution in [3.05, 3.63) is 0 Å². The van der Waals surface area contributed by atoms with Crippen LogP contribution in [0, 0.1) is 0 Å². The first-order valence-corrected chi connectivity index (χ1v) is 5.58. The van der Waals surface area contributed by atoms with E-state index in [1.165, 1.54) is 19.3 Å². The topological polar surface area (TPSA) is 35.6 Å². The van der Waals surface area contributed by atoms with Gasteiger partial charge in [-0.05, 0) is 40.4 Å². The second-order valence-corrected chi connectivity index (χ2v) is 4.75. The van der Waals surface area contributed by atoms with Gasteiger partial charge < -0.3 is 15.1 Å². The summed E-state index contributed by atoms with van der Waals surface area (Å²) in [6, 6.07) is 0. The Morgan fingerprint density at radius 1 is 1.33 bits per heavy atom. The van der Waals surface area contributed by atoms with E-state index in [2.05, 4.69) is 24.3 Å². The highest BCUT2D eigenvalue weighted by Crippen LogP contribution is 2.36. The van der Waals surface area contributed by atoms with Gasteiger partial charge in [0, 0.05) is 19.1 Å². The van der Waals surface area contributed by atoms with Crippen LogP contribution < -0.4 is 5.32 Å². The summed E-state index contributed by atoms with van der Waals surface area (Å²) in [5.41, 5.74) is 0.234. The maximum absolute atomic E-state index is 11.6. The maximum Gasteiger partial charge on any atom is 0.236 e. The lowest BCUT2D eigenvalue weighted by molar-refractivity contribution is -0.131. The molecule has 0 radical (unpaired) electrons. The van der Waals surface area contributed by atoms with Crippen molar-refractivity contribution >= 4 is 5.91 Å². The Labute approximate surface area is 92.6 Å². The summed E-state index contributed by atoms with van der Waals surface area (Å²) in [5.74, 6) is 0.172. The van der Waals surface area contributed by atoms with Gasteiger partial charge in [0.2, 0.25) is 5.91 Å². The summed E-state index contributed by atoms with van der Waals surface area (Å²) in [4.78, 5) is 15.7. The average Bonchev–Trinajstić information content (AvgIpc) is 2.10. The van der Waals surface area contributed by atoms with Crippen LogP contribution in [0.5, 0.6) is 0 Å². The van der Waals surface area contributed by atoms with Gasteiger partial charge in [-0.2, -0.15) is 0 Å². The third-order valence-corrected chi connectivity index (χ3v) is 3.52. The summed E-state index contributed by atoms with van der Waals surface area (Å²) in [5, 5.41) is 2.89. The molecule has 4 heteroatoms. The smallest absolute Gasteiger partial charge is 0.236 e. The van der Waals surface area contributed by atoms with Gasteiger partial charge in [-0.1, -0.05) is 0 Å². The zero-order valence-electron chi connectivity index (χ0n) is 10.3. The third kappa shape index (κ3) is 2.69. The Balaban J connectivity index is 2.48. The zero-order chi connectivity index (χ0) is 11.5. The van der Waals surface area contributed by atoms with Crippen LogP contribution in [0.1, 0.15) is 19.3 Å². The molecule has 1 N–H and O–H groups in total. The van der Waals surface area contributed by atoms with Gasteiger partial charge in [0.25, 0.3) is 0 Å². The summed E-state index contributed by atoms with van der Waals surface area (Å²) < 4.78 is 0. The van der Waals surface area contributed by atoms with Crippen LogP contribution in [0.4, 0.5) is 0 Å². The molecule has 0 atom stereocenters. The molecule has 4 nitrogen and oxygen atoms in total. The van der Waals surface area contributed by atoms with Crippen molar-refractivity contribution in [1.29, 1.82) is 0 Å². The van der Waals surface area contributed by atoms with E-state index in [4.69, 9.17) is 0 Å². The van der Waals surface area contributed by atoms with Crippen LogP contribution in [0.2, 0.25) is 0 Å². The number of hydrogen-bond acceptors (Lipinski definition) is 3. The van der Waals surface area contributed by atoms with E-state index >= 15 is 0 Å². The van der Waals surface area contributed by atoms with Crippen LogP contribution >= 0.6 is 0 Å². The minimum absolute atomic E-state index is 0.172. The molecule has 1 aliphatic rings. The van der Waals surface area contributed by atoms with Crippen LogP contribution in [0.25, 0.3) is 0 Å². The lowest BCUT2D eigenvalue weighted by Gasteiger charge is -2.49. The standard InChI is InChI=1S/C11H23N3O/c1-12-8-10(15)14(4)9-11(13(2)3)6-5-7-11/h12H,5-9H2,1-4H3. The number of amides is 1. The van der Waals surface area contributed by atoms with Gasteiger partial charge >= 0.3 is 0 Å².